The topological polar surface area (TPSA) is 89.9 Å². The Balaban J connectivity index is 2.29. The number of nitrogens with one attached hydrogen (secondary N) is 1. The summed E-state index contributed by atoms with van der Waals surface area (Å²) >= 11 is 1.14. The Morgan fingerprint density at radius 1 is 1.55 bits per heavy atom. The van der Waals surface area contributed by atoms with Crippen LogP contribution in [0.5, 0.6) is 0 Å². The molecule has 0 aromatic carbocycles. The number of aromatic nitrogens is 4. The van der Waals surface area contributed by atoms with Crippen LogP contribution in [0.1, 0.15) is 26.8 Å². The summed E-state index contributed by atoms with van der Waals surface area (Å²) < 4.78 is 6.51. The van der Waals surface area contributed by atoms with Gasteiger partial charge in [-0.25, -0.2) is 9.67 Å². The number of carbonyl (C=O) groups is 1. The van der Waals surface area contributed by atoms with Gasteiger partial charge < -0.3 is 9.72 Å². The van der Waals surface area contributed by atoms with Crippen molar-refractivity contribution in [3.05, 3.63) is 16.6 Å². The van der Waals surface area contributed by atoms with E-state index in [1.165, 1.54) is 6.20 Å². The number of fused-ring (bicyclic) bond motifs is 1. The van der Waals surface area contributed by atoms with Crippen molar-refractivity contribution in [2.24, 2.45) is 0 Å². The van der Waals surface area contributed by atoms with E-state index in [1.807, 2.05) is 13.8 Å². The number of ether oxygens (including phenoxy) is 1. The van der Waals surface area contributed by atoms with Crippen LogP contribution in [0, 0.1) is 0 Å². The van der Waals surface area contributed by atoms with Crippen LogP contribution in [-0.4, -0.2) is 38.1 Å². The van der Waals surface area contributed by atoms with E-state index >= 15 is 0 Å². The van der Waals surface area contributed by atoms with Crippen LogP contribution in [0.2, 0.25) is 0 Å². The van der Waals surface area contributed by atoms with Crippen LogP contribution in [-0.2, 0) is 9.53 Å². The van der Waals surface area contributed by atoms with Crippen molar-refractivity contribution >= 4 is 28.8 Å². The lowest BCUT2D eigenvalue weighted by Gasteiger charge is -2.07. The van der Waals surface area contributed by atoms with Crippen molar-refractivity contribution in [3.8, 4) is 0 Å². The fourth-order valence-corrected chi connectivity index (χ4v) is 2.35. The molecule has 20 heavy (non-hydrogen) atoms. The summed E-state index contributed by atoms with van der Waals surface area (Å²) in [6, 6.07) is 0.102. The van der Waals surface area contributed by atoms with Crippen LogP contribution in [0.25, 0.3) is 11.0 Å². The third-order valence-electron chi connectivity index (χ3n) is 2.56. The second-order valence-electron chi connectivity index (χ2n) is 4.38. The molecule has 108 valence electrons. The van der Waals surface area contributed by atoms with Crippen LogP contribution in [0.4, 0.5) is 0 Å². The third kappa shape index (κ3) is 3.01. The Morgan fingerprint density at radius 3 is 2.95 bits per heavy atom. The Kier molecular flexibility index (Phi) is 4.43. The molecule has 7 nitrogen and oxygen atoms in total. The van der Waals surface area contributed by atoms with Crippen molar-refractivity contribution in [3.63, 3.8) is 0 Å². The molecule has 2 aromatic heterocycles. The van der Waals surface area contributed by atoms with Crippen molar-refractivity contribution in [2.75, 3.05) is 12.4 Å². The minimum Gasteiger partial charge on any atom is -0.465 e. The molecule has 0 saturated heterocycles. The number of hydrogen-bond donors (Lipinski definition) is 1. The van der Waals surface area contributed by atoms with E-state index in [4.69, 9.17) is 4.74 Å². The highest BCUT2D eigenvalue weighted by atomic mass is 32.2. The first-order valence-corrected chi connectivity index (χ1v) is 7.27. The zero-order valence-corrected chi connectivity index (χ0v) is 12.4. The number of rotatable bonds is 5. The quantitative estimate of drug-likeness (QED) is 0.509. The van der Waals surface area contributed by atoms with E-state index in [-0.39, 0.29) is 23.3 Å². The van der Waals surface area contributed by atoms with Crippen molar-refractivity contribution in [2.45, 2.75) is 32.0 Å². The molecule has 2 aromatic rings. The van der Waals surface area contributed by atoms with Crippen LogP contribution in [0.15, 0.2) is 16.1 Å². The van der Waals surface area contributed by atoms with Gasteiger partial charge in [-0.05, 0) is 20.8 Å². The Bertz CT molecular complexity index is 677. The molecule has 8 heteroatoms. The van der Waals surface area contributed by atoms with Crippen molar-refractivity contribution < 1.29 is 9.53 Å². The normalized spacial score (nSPS) is 11.2. The lowest BCUT2D eigenvalue weighted by atomic mass is 10.4. The minimum absolute atomic E-state index is 0.102. The molecule has 2 heterocycles. The highest BCUT2D eigenvalue weighted by Gasteiger charge is 2.13. The summed E-state index contributed by atoms with van der Waals surface area (Å²) in [6.45, 7) is 6.00. The molecule has 1 N–H and O–H groups in total. The molecule has 0 aliphatic rings. The Labute approximate surface area is 119 Å². The molecular formula is C12H16N4O3S. The van der Waals surface area contributed by atoms with Gasteiger partial charge in [0.2, 0.25) is 0 Å². The molecule has 0 saturated carbocycles. The SMILES string of the molecule is CCOC(=O)CSc1nc2c(cnn2C(C)C)c(=O)[nH]1. The molecule has 0 radical (unpaired) electrons. The molecular weight excluding hydrogens is 280 g/mol. The number of aromatic amines is 1. The second kappa shape index (κ2) is 6.08. The average molecular weight is 296 g/mol. The maximum atomic E-state index is 11.9. The van der Waals surface area contributed by atoms with Crippen molar-refractivity contribution in [1.29, 1.82) is 0 Å². The van der Waals surface area contributed by atoms with Gasteiger partial charge in [-0.3, -0.25) is 9.59 Å². The average Bonchev–Trinajstić information content (AvgIpc) is 2.81. The first-order chi connectivity index (χ1) is 9.52. The zero-order chi connectivity index (χ0) is 14.7. The Morgan fingerprint density at radius 2 is 2.30 bits per heavy atom. The first kappa shape index (κ1) is 14.6. The van der Waals surface area contributed by atoms with Gasteiger partial charge >= 0.3 is 5.97 Å². The summed E-state index contributed by atoms with van der Waals surface area (Å²) in [7, 11) is 0. The predicted molar refractivity (Wildman–Crippen MR) is 75.9 cm³/mol. The number of esters is 1. The highest BCUT2D eigenvalue weighted by molar-refractivity contribution is 7.99. The van der Waals surface area contributed by atoms with E-state index in [2.05, 4.69) is 15.1 Å². The van der Waals surface area contributed by atoms with Crippen LogP contribution < -0.4 is 5.56 Å². The van der Waals surface area contributed by atoms with E-state index in [0.717, 1.165) is 11.8 Å². The fraction of sp³-hybridized carbons (Fsp3) is 0.500. The number of nitrogens with zero attached hydrogens (tertiary/aromatic N) is 3. The molecule has 0 unspecified atom stereocenters. The largest absolute Gasteiger partial charge is 0.465 e. The van der Waals surface area contributed by atoms with E-state index in [9.17, 15) is 9.59 Å². The highest BCUT2D eigenvalue weighted by Crippen LogP contribution is 2.17. The third-order valence-corrected chi connectivity index (χ3v) is 3.41. The maximum absolute atomic E-state index is 11.9. The number of hydrogen-bond acceptors (Lipinski definition) is 6. The molecule has 0 bridgehead atoms. The van der Waals surface area contributed by atoms with Gasteiger partial charge in [-0.2, -0.15) is 5.10 Å². The monoisotopic (exact) mass is 296 g/mol. The minimum atomic E-state index is -0.336. The molecule has 0 atom stereocenters. The summed E-state index contributed by atoms with van der Waals surface area (Å²) in [5.74, 6) is -0.226. The van der Waals surface area contributed by atoms with Gasteiger partial charge in [0.1, 0.15) is 5.39 Å². The standard InChI is InChI=1S/C12H16N4O3S/c1-4-19-9(17)6-20-12-14-10-8(11(18)15-12)5-13-16(10)7(2)3/h5,7H,4,6H2,1-3H3,(H,14,15,18). The first-order valence-electron chi connectivity index (χ1n) is 6.29. The van der Waals surface area contributed by atoms with E-state index in [1.54, 1.807) is 11.6 Å². The predicted octanol–water partition coefficient (Wildman–Crippen LogP) is 1.36. The van der Waals surface area contributed by atoms with Gasteiger partial charge in [0.05, 0.1) is 18.6 Å². The molecule has 2 rings (SSSR count). The van der Waals surface area contributed by atoms with Crippen LogP contribution >= 0.6 is 11.8 Å². The zero-order valence-electron chi connectivity index (χ0n) is 11.5. The van der Waals surface area contributed by atoms with E-state index < -0.39 is 0 Å². The van der Waals surface area contributed by atoms with Crippen LogP contribution in [0.3, 0.4) is 0 Å². The maximum Gasteiger partial charge on any atom is 0.316 e. The molecule has 0 fully saturated rings. The summed E-state index contributed by atoms with van der Waals surface area (Å²) in [6.07, 6.45) is 1.50. The number of carbonyl (C=O) groups excluding carboxylic acids is 1. The van der Waals surface area contributed by atoms with E-state index in [0.29, 0.717) is 22.8 Å². The molecule has 0 aliphatic heterocycles. The molecule has 0 spiro atoms. The summed E-state index contributed by atoms with van der Waals surface area (Å²) in [5, 5.41) is 4.99. The van der Waals surface area contributed by atoms with Gasteiger partial charge in [0.25, 0.3) is 5.56 Å². The molecule has 0 amide bonds. The van der Waals surface area contributed by atoms with Gasteiger partial charge in [0, 0.05) is 6.04 Å². The fourth-order valence-electron chi connectivity index (χ4n) is 1.69. The van der Waals surface area contributed by atoms with Gasteiger partial charge in [-0.15, -0.1) is 0 Å². The smallest absolute Gasteiger partial charge is 0.316 e. The van der Waals surface area contributed by atoms with Gasteiger partial charge in [-0.1, -0.05) is 11.8 Å². The number of thioether (sulfide) groups is 1. The summed E-state index contributed by atoms with van der Waals surface area (Å²) in [4.78, 5) is 30.2. The lowest BCUT2D eigenvalue weighted by molar-refractivity contribution is -0.139. The van der Waals surface area contributed by atoms with Crippen molar-refractivity contribution in [1.82, 2.24) is 19.7 Å². The van der Waals surface area contributed by atoms with Gasteiger partial charge in [0.15, 0.2) is 10.8 Å². The number of H-pyrrole nitrogens is 1. The lowest BCUT2D eigenvalue weighted by Crippen LogP contribution is -2.12. The summed E-state index contributed by atoms with van der Waals surface area (Å²) in [5.41, 5.74) is 0.267. The molecule has 0 aliphatic carbocycles. The Hall–Kier alpha value is -1.83. The second-order valence-corrected chi connectivity index (χ2v) is 5.35.